The van der Waals surface area contributed by atoms with E-state index < -0.39 is 0 Å². The lowest BCUT2D eigenvalue weighted by molar-refractivity contribution is 0.0993. The largest absolute Gasteiger partial charge is 0.314 e. The molecule has 1 aliphatic rings. The Labute approximate surface area is 108 Å². The number of likely N-dealkylation sites (N-methyl/N-ethyl adjacent to an activating group) is 1. The van der Waals surface area contributed by atoms with Gasteiger partial charge in [-0.1, -0.05) is 24.3 Å². The molecular weight excluding hydrogens is 226 g/mol. The van der Waals surface area contributed by atoms with E-state index in [2.05, 4.69) is 27.7 Å². The summed E-state index contributed by atoms with van der Waals surface area (Å²) in [7, 11) is 1.79. The fourth-order valence-electron chi connectivity index (χ4n) is 2.19. The first-order chi connectivity index (χ1) is 8.79. The van der Waals surface area contributed by atoms with E-state index in [4.69, 9.17) is 0 Å². The molecule has 4 heteroatoms. The Balaban J connectivity index is 1.92. The van der Waals surface area contributed by atoms with Crippen molar-refractivity contribution in [1.29, 1.82) is 0 Å². The van der Waals surface area contributed by atoms with E-state index in [1.54, 1.807) is 7.05 Å². The minimum Gasteiger partial charge on any atom is -0.314 e. The number of carbonyl (C=O) groups is 1. The van der Waals surface area contributed by atoms with Gasteiger partial charge >= 0.3 is 0 Å². The first-order valence-electron chi connectivity index (χ1n) is 6.49. The van der Waals surface area contributed by atoms with E-state index in [9.17, 15) is 4.79 Å². The van der Waals surface area contributed by atoms with Gasteiger partial charge in [0.1, 0.15) is 0 Å². The third kappa shape index (κ3) is 3.63. The lowest BCUT2D eigenvalue weighted by Gasteiger charge is -2.27. The van der Waals surface area contributed by atoms with E-state index in [0.29, 0.717) is 6.54 Å². The second kappa shape index (κ2) is 6.64. The van der Waals surface area contributed by atoms with Gasteiger partial charge in [0.15, 0.2) is 5.78 Å². The van der Waals surface area contributed by atoms with E-state index in [1.165, 1.54) is 5.56 Å². The van der Waals surface area contributed by atoms with Crippen molar-refractivity contribution in [2.45, 2.75) is 6.54 Å². The molecule has 0 bridgehead atoms. The smallest absolute Gasteiger partial charge is 0.176 e. The quantitative estimate of drug-likeness (QED) is 0.744. The van der Waals surface area contributed by atoms with Gasteiger partial charge in [0.05, 0.1) is 6.54 Å². The van der Waals surface area contributed by atoms with Crippen LogP contribution in [-0.2, 0) is 6.54 Å². The van der Waals surface area contributed by atoms with Crippen molar-refractivity contribution in [1.82, 2.24) is 15.5 Å². The molecule has 2 N–H and O–H groups in total. The van der Waals surface area contributed by atoms with Gasteiger partial charge in [0, 0.05) is 38.3 Å². The van der Waals surface area contributed by atoms with Gasteiger partial charge in [-0.2, -0.15) is 0 Å². The van der Waals surface area contributed by atoms with Gasteiger partial charge < -0.3 is 10.6 Å². The van der Waals surface area contributed by atoms with E-state index in [0.717, 1.165) is 38.3 Å². The molecule has 0 amide bonds. The van der Waals surface area contributed by atoms with E-state index in [1.807, 2.05) is 12.1 Å². The fourth-order valence-corrected chi connectivity index (χ4v) is 2.19. The van der Waals surface area contributed by atoms with Crippen molar-refractivity contribution < 1.29 is 4.79 Å². The molecule has 0 saturated carbocycles. The molecule has 98 valence electrons. The summed E-state index contributed by atoms with van der Waals surface area (Å²) < 4.78 is 0. The Bertz CT molecular complexity index is 383. The number of nitrogens with one attached hydrogen (secondary N) is 2. The van der Waals surface area contributed by atoms with Crippen LogP contribution < -0.4 is 10.6 Å². The number of Topliss-reactive ketones (excluding diaryl/α,β-unsaturated/α-hetero) is 1. The molecular formula is C14H21N3O. The van der Waals surface area contributed by atoms with Crippen molar-refractivity contribution in [2.75, 3.05) is 39.8 Å². The molecule has 0 spiro atoms. The van der Waals surface area contributed by atoms with Crippen molar-refractivity contribution in [3.05, 3.63) is 35.4 Å². The van der Waals surface area contributed by atoms with Gasteiger partial charge in [-0.05, 0) is 12.6 Å². The highest BCUT2D eigenvalue weighted by Gasteiger charge is 2.10. The molecule has 1 heterocycles. The number of carbonyl (C=O) groups excluding carboxylic acids is 1. The summed E-state index contributed by atoms with van der Waals surface area (Å²) in [4.78, 5) is 14.1. The highest BCUT2D eigenvalue weighted by molar-refractivity contribution is 5.97. The minimum absolute atomic E-state index is 0.145. The van der Waals surface area contributed by atoms with Gasteiger partial charge in [0.25, 0.3) is 0 Å². The molecule has 2 rings (SSSR count). The zero-order valence-corrected chi connectivity index (χ0v) is 10.9. The number of piperazine rings is 1. The summed E-state index contributed by atoms with van der Waals surface area (Å²) in [5, 5.41) is 6.23. The Morgan fingerprint density at radius 2 is 1.94 bits per heavy atom. The number of benzene rings is 1. The third-order valence-electron chi connectivity index (χ3n) is 3.23. The maximum absolute atomic E-state index is 11.7. The SMILES string of the molecule is CNCC(=O)c1ccc(CN2CCNCC2)cc1. The van der Waals surface area contributed by atoms with Crippen LogP contribution >= 0.6 is 0 Å². The van der Waals surface area contributed by atoms with Gasteiger partial charge in [-0.15, -0.1) is 0 Å². The Morgan fingerprint density at radius 1 is 1.28 bits per heavy atom. The van der Waals surface area contributed by atoms with Crippen molar-refractivity contribution in [3.8, 4) is 0 Å². The highest BCUT2D eigenvalue weighted by atomic mass is 16.1. The normalized spacial score (nSPS) is 16.7. The van der Waals surface area contributed by atoms with Crippen LogP contribution in [0.5, 0.6) is 0 Å². The average Bonchev–Trinajstić information content (AvgIpc) is 2.41. The van der Waals surface area contributed by atoms with Crippen LogP contribution in [0.25, 0.3) is 0 Å². The van der Waals surface area contributed by atoms with Crippen LogP contribution in [0.1, 0.15) is 15.9 Å². The topological polar surface area (TPSA) is 44.4 Å². The molecule has 1 saturated heterocycles. The van der Waals surface area contributed by atoms with Crippen LogP contribution in [0.2, 0.25) is 0 Å². The summed E-state index contributed by atoms with van der Waals surface area (Å²) in [5.74, 6) is 0.145. The maximum Gasteiger partial charge on any atom is 0.176 e. The molecule has 1 aromatic rings. The van der Waals surface area contributed by atoms with Crippen molar-refractivity contribution in [2.24, 2.45) is 0 Å². The van der Waals surface area contributed by atoms with Gasteiger partial charge in [-0.25, -0.2) is 0 Å². The molecule has 18 heavy (non-hydrogen) atoms. The van der Waals surface area contributed by atoms with Gasteiger partial charge in [0.2, 0.25) is 0 Å². The molecule has 1 fully saturated rings. The molecule has 0 unspecified atom stereocenters. The zero-order valence-electron chi connectivity index (χ0n) is 10.9. The first kappa shape index (κ1) is 13.2. The second-order valence-corrected chi connectivity index (χ2v) is 4.68. The molecule has 0 aromatic heterocycles. The monoisotopic (exact) mass is 247 g/mol. The Morgan fingerprint density at radius 3 is 2.56 bits per heavy atom. The number of hydrogen-bond donors (Lipinski definition) is 2. The van der Waals surface area contributed by atoms with Gasteiger partial charge in [-0.3, -0.25) is 9.69 Å². The Kier molecular flexibility index (Phi) is 4.87. The van der Waals surface area contributed by atoms with Crippen LogP contribution in [0, 0.1) is 0 Å². The molecule has 0 aliphatic carbocycles. The third-order valence-corrected chi connectivity index (χ3v) is 3.23. The summed E-state index contributed by atoms with van der Waals surface area (Å²) in [6.45, 7) is 5.71. The summed E-state index contributed by atoms with van der Waals surface area (Å²) >= 11 is 0. The van der Waals surface area contributed by atoms with Crippen LogP contribution in [0.3, 0.4) is 0 Å². The summed E-state index contributed by atoms with van der Waals surface area (Å²) in [5.41, 5.74) is 2.06. The van der Waals surface area contributed by atoms with Crippen LogP contribution in [-0.4, -0.2) is 50.5 Å². The minimum atomic E-state index is 0.145. The predicted molar refractivity (Wildman–Crippen MR) is 72.8 cm³/mol. The molecule has 4 nitrogen and oxygen atoms in total. The highest BCUT2D eigenvalue weighted by Crippen LogP contribution is 2.08. The number of rotatable bonds is 5. The standard InChI is InChI=1S/C14H21N3O/c1-15-10-14(18)13-4-2-12(3-5-13)11-17-8-6-16-7-9-17/h2-5,15-16H,6-11H2,1H3. The molecule has 1 aromatic carbocycles. The molecule has 1 aliphatic heterocycles. The van der Waals surface area contributed by atoms with E-state index in [-0.39, 0.29) is 5.78 Å². The predicted octanol–water partition coefficient (Wildman–Crippen LogP) is 0.494. The number of nitrogens with zero attached hydrogens (tertiary/aromatic N) is 1. The Hall–Kier alpha value is -1.23. The lowest BCUT2D eigenvalue weighted by atomic mass is 10.1. The zero-order chi connectivity index (χ0) is 12.8. The van der Waals surface area contributed by atoms with Crippen LogP contribution in [0.15, 0.2) is 24.3 Å². The molecule has 0 radical (unpaired) electrons. The number of hydrogen-bond acceptors (Lipinski definition) is 4. The summed E-state index contributed by atoms with van der Waals surface area (Å²) in [6.07, 6.45) is 0. The van der Waals surface area contributed by atoms with E-state index >= 15 is 0 Å². The second-order valence-electron chi connectivity index (χ2n) is 4.68. The van der Waals surface area contributed by atoms with Crippen LogP contribution in [0.4, 0.5) is 0 Å². The molecule has 0 atom stereocenters. The fraction of sp³-hybridized carbons (Fsp3) is 0.500. The lowest BCUT2D eigenvalue weighted by Crippen LogP contribution is -2.42. The van der Waals surface area contributed by atoms with Crippen molar-refractivity contribution in [3.63, 3.8) is 0 Å². The first-order valence-corrected chi connectivity index (χ1v) is 6.49. The van der Waals surface area contributed by atoms with Crippen molar-refractivity contribution >= 4 is 5.78 Å². The average molecular weight is 247 g/mol. The maximum atomic E-state index is 11.7. The number of ketones is 1. The summed E-state index contributed by atoms with van der Waals surface area (Å²) in [6, 6.07) is 7.98.